The first-order valence-corrected chi connectivity index (χ1v) is 10.5. The number of nitrogens with zero attached hydrogens (tertiary/aromatic N) is 4. The predicted molar refractivity (Wildman–Crippen MR) is 106 cm³/mol. The van der Waals surface area contributed by atoms with Gasteiger partial charge in [-0.1, -0.05) is 12.8 Å². The first-order chi connectivity index (χ1) is 12.9. The highest BCUT2D eigenvalue weighted by atomic mass is 16.2. The fourth-order valence-electron chi connectivity index (χ4n) is 4.89. The molecule has 1 atom stereocenters. The van der Waals surface area contributed by atoms with Crippen LogP contribution in [0, 0.1) is 13.8 Å². The molecule has 1 saturated heterocycles. The lowest BCUT2D eigenvalue weighted by molar-refractivity contribution is -0.131. The van der Waals surface area contributed by atoms with Crippen molar-refractivity contribution in [1.82, 2.24) is 19.6 Å². The standard InChI is InChI=1S/C21H34N4O2/c1-15(25-17(3)21(18(4)26)16(2)22-25)14-20(27)24-11-7-10-23(12-13-24)19-8-5-6-9-19/h15,19H,5-14H2,1-4H3/t15-/m1/s1. The normalized spacial score (nSPS) is 20.7. The summed E-state index contributed by atoms with van der Waals surface area (Å²) in [4.78, 5) is 29.4. The van der Waals surface area contributed by atoms with Crippen molar-refractivity contribution in [1.29, 1.82) is 0 Å². The van der Waals surface area contributed by atoms with Gasteiger partial charge in [0.25, 0.3) is 0 Å². The quantitative estimate of drug-likeness (QED) is 0.743. The Bertz CT molecular complexity index is 691. The molecule has 0 N–H and O–H groups in total. The largest absolute Gasteiger partial charge is 0.341 e. The Hall–Kier alpha value is -1.69. The first-order valence-electron chi connectivity index (χ1n) is 10.5. The van der Waals surface area contributed by atoms with Crippen molar-refractivity contribution in [3.05, 3.63) is 17.0 Å². The molecule has 0 unspecified atom stereocenters. The molecular weight excluding hydrogens is 340 g/mol. The molecule has 2 fully saturated rings. The fourth-order valence-corrected chi connectivity index (χ4v) is 4.89. The molecule has 6 heteroatoms. The molecule has 3 rings (SSSR count). The number of hydrogen-bond acceptors (Lipinski definition) is 4. The minimum atomic E-state index is -0.0431. The molecule has 1 amide bonds. The third-order valence-corrected chi connectivity index (χ3v) is 6.29. The number of carbonyl (C=O) groups excluding carboxylic acids is 2. The molecule has 0 spiro atoms. The smallest absolute Gasteiger partial charge is 0.224 e. The average Bonchev–Trinajstić information content (AvgIpc) is 3.16. The van der Waals surface area contributed by atoms with Crippen LogP contribution in [0.1, 0.15) is 80.2 Å². The summed E-state index contributed by atoms with van der Waals surface area (Å²) < 4.78 is 1.85. The van der Waals surface area contributed by atoms with Gasteiger partial charge < -0.3 is 4.90 Å². The van der Waals surface area contributed by atoms with Crippen molar-refractivity contribution < 1.29 is 9.59 Å². The van der Waals surface area contributed by atoms with E-state index in [0.29, 0.717) is 12.0 Å². The summed E-state index contributed by atoms with van der Waals surface area (Å²) in [5, 5.41) is 4.53. The van der Waals surface area contributed by atoms with E-state index in [1.807, 2.05) is 30.4 Å². The van der Waals surface area contributed by atoms with Crippen LogP contribution in [-0.2, 0) is 4.79 Å². The average molecular weight is 375 g/mol. The first kappa shape index (κ1) is 20.1. The number of rotatable bonds is 5. The van der Waals surface area contributed by atoms with E-state index in [4.69, 9.17) is 0 Å². The van der Waals surface area contributed by atoms with E-state index >= 15 is 0 Å². The molecule has 27 heavy (non-hydrogen) atoms. The zero-order valence-electron chi connectivity index (χ0n) is 17.3. The van der Waals surface area contributed by atoms with Crippen LogP contribution in [0.3, 0.4) is 0 Å². The number of aryl methyl sites for hydroxylation is 1. The number of amides is 1. The van der Waals surface area contributed by atoms with E-state index in [1.165, 1.54) is 25.7 Å². The molecule has 6 nitrogen and oxygen atoms in total. The Morgan fingerprint density at radius 3 is 2.41 bits per heavy atom. The lowest BCUT2D eigenvalue weighted by Crippen LogP contribution is -2.39. The molecule has 2 heterocycles. The molecule has 0 aromatic carbocycles. The lowest BCUT2D eigenvalue weighted by atomic mass is 10.1. The van der Waals surface area contributed by atoms with Gasteiger partial charge in [-0.05, 0) is 47.0 Å². The summed E-state index contributed by atoms with van der Waals surface area (Å²) in [6.45, 7) is 11.2. The Morgan fingerprint density at radius 2 is 1.78 bits per heavy atom. The van der Waals surface area contributed by atoms with Gasteiger partial charge in [-0.3, -0.25) is 19.2 Å². The van der Waals surface area contributed by atoms with E-state index in [-0.39, 0.29) is 17.7 Å². The summed E-state index contributed by atoms with van der Waals surface area (Å²) in [5.41, 5.74) is 2.31. The van der Waals surface area contributed by atoms with Crippen LogP contribution in [0.25, 0.3) is 0 Å². The topological polar surface area (TPSA) is 58.4 Å². The van der Waals surface area contributed by atoms with Crippen LogP contribution in [-0.4, -0.2) is 63.5 Å². The van der Waals surface area contributed by atoms with Crippen molar-refractivity contribution in [2.75, 3.05) is 26.2 Å². The van der Waals surface area contributed by atoms with Crippen molar-refractivity contribution in [3.63, 3.8) is 0 Å². The maximum absolute atomic E-state index is 12.9. The molecule has 1 aromatic heterocycles. The molecular formula is C21H34N4O2. The van der Waals surface area contributed by atoms with Crippen molar-refractivity contribution in [3.8, 4) is 0 Å². The van der Waals surface area contributed by atoms with E-state index in [1.54, 1.807) is 6.92 Å². The Labute approximate surface area is 162 Å². The van der Waals surface area contributed by atoms with E-state index in [2.05, 4.69) is 10.00 Å². The highest BCUT2D eigenvalue weighted by Crippen LogP contribution is 2.25. The van der Waals surface area contributed by atoms with Crippen LogP contribution in [0.5, 0.6) is 0 Å². The summed E-state index contributed by atoms with van der Waals surface area (Å²) in [6.07, 6.45) is 6.84. The van der Waals surface area contributed by atoms with E-state index in [9.17, 15) is 9.59 Å². The number of aromatic nitrogens is 2. The van der Waals surface area contributed by atoms with Crippen molar-refractivity contribution in [2.45, 2.75) is 78.3 Å². The number of Topliss-reactive ketones (excluding diaryl/α,β-unsaturated/α-hetero) is 1. The second-order valence-corrected chi connectivity index (χ2v) is 8.31. The molecule has 1 saturated carbocycles. The van der Waals surface area contributed by atoms with E-state index < -0.39 is 0 Å². The maximum Gasteiger partial charge on any atom is 0.224 e. The molecule has 150 valence electrons. The van der Waals surface area contributed by atoms with Gasteiger partial charge in [0.05, 0.1) is 17.3 Å². The summed E-state index contributed by atoms with van der Waals surface area (Å²) in [6, 6.07) is 0.692. The van der Waals surface area contributed by atoms with Gasteiger partial charge in [-0.2, -0.15) is 5.10 Å². The van der Waals surface area contributed by atoms with Gasteiger partial charge in [-0.15, -0.1) is 0 Å². The third kappa shape index (κ3) is 4.42. The highest BCUT2D eigenvalue weighted by Gasteiger charge is 2.27. The highest BCUT2D eigenvalue weighted by molar-refractivity contribution is 5.96. The maximum atomic E-state index is 12.9. The van der Waals surface area contributed by atoms with Crippen LogP contribution in [0.15, 0.2) is 0 Å². The van der Waals surface area contributed by atoms with Gasteiger partial charge in [0.2, 0.25) is 5.91 Å². The Balaban J connectivity index is 1.60. The Kier molecular flexibility index (Phi) is 6.35. The second-order valence-electron chi connectivity index (χ2n) is 8.31. The molecule has 0 radical (unpaired) electrons. The van der Waals surface area contributed by atoms with Crippen LogP contribution >= 0.6 is 0 Å². The second kappa shape index (κ2) is 8.55. The molecule has 1 aromatic rings. The van der Waals surface area contributed by atoms with Crippen LogP contribution in [0.2, 0.25) is 0 Å². The van der Waals surface area contributed by atoms with Crippen molar-refractivity contribution >= 4 is 11.7 Å². The Morgan fingerprint density at radius 1 is 1.07 bits per heavy atom. The number of ketones is 1. The molecule has 1 aliphatic carbocycles. The zero-order valence-corrected chi connectivity index (χ0v) is 17.3. The van der Waals surface area contributed by atoms with Crippen LogP contribution in [0.4, 0.5) is 0 Å². The van der Waals surface area contributed by atoms with Crippen molar-refractivity contribution in [2.24, 2.45) is 0 Å². The van der Waals surface area contributed by atoms with Gasteiger partial charge in [0.15, 0.2) is 5.78 Å². The molecule has 1 aliphatic heterocycles. The van der Waals surface area contributed by atoms with Gasteiger partial charge >= 0.3 is 0 Å². The minimum absolute atomic E-state index is 0.0364. The lowest BCUT2D eigenvalue weighted by Gasteiger charge is -2.27. The monoisotopic (exact) mass is 374 g/mol. The fraction of sp³-hybridized carbons (Fsp3) is 0.762. The summed E-state index contributed by atoms with van der Waals surface area (Å²) in [7, 11) is 0. The van der Waals surface area contributed by atoms with Gasteiger partial charge in [0, 0.05) is 44.3 Å². The summed E-state index contributed by atoms with van der Waals surface area (Å²) in [5.74, 6) is 0.238. The van der Waals surface area contributed by atoms with E-state index in [0.717, 1.165) is 50.0 Å². The zero-order chi connectivity index (χ0) is 19.6. The molecule has 0 bridgehead atoms. The van der Waals surface area contributed by atoms with Crippen LogP contribution < -0.4 is 0 Å². The molecule has 2 aliphatic rings. The van der Waals surface area contributed by atoms with Gasteiger partial charge in [-0.25, -0.2) is 0 Å². The van der Waals surface area contributed by atoms with Gasteiger partial charge in [0.1, 0.15) is 0 Å². The SMILES string of the molecule is CC(=O)c1c(C)nn([C@H](C)CC(=O)N2CCCN(C3CCCC3)CC2)c1C. The predicted octanol–water partition coefficient (Wildman–Crippen LogP) is 3.13. The minimum Gasteiger partial charge on any atom is -0.341 e. The number of hydrogen-bond donors (Lipinski definition) is 0. The third-order valence-electron chi connectivity index (χ3n) is 6.29. The number of carbonyl (C=O) groups is 2. The summed E-state index contributed by atoms with van der Waals surface area (Å²) >= 11 is 0.